The summed E-state index contributed by atoms with van der Waals surface area (Å²) in [6, 6.07) is 9.19. The van der Waals surface area contributed by atoms with Gasteiger partial charge in [-0.2, -0.15) is 18.6 Å². The maximum absolute atomic E-state index is 11.1. The van der Waals surface area contributed by atoms with E-state index in [1.165, 1.54) is 18.2 Å². The fourth-order valence-corrected chi connectivity index (χ4v) is 2.35. The van der Waals surface area contributed by atoms with E-state index >= 15 is 0 Å². The molecule has 0 aromatic heterocycles. The summed E-state index contributed by atoms with van der Waals surface area (Å²) in [7, 11) is -4.25. The van der Waals surface area contributed by atoms with Crippen molar-refractivity contribution >= 4 is 27.2 Å². The molecule has 0 amide bonds. The van der Waals surface area contributed by atoms with Crippen molar-refractivity contribution in [2.45, 2.75) is 18.7 Å². The molecule has 2 rings (SSSR count). The fourth-order valence-electron chi connectivity index (χ4n) is 1.83. The van der Waals surface area contributed by atoms with Crippen LogP contribution in [-0.4, -0.2) is 13.0 Å². The van der Waals surface area contributed by atoms with Crippen molar-refractivity contribution < 1.29 is 13.0 Å². The van der Waals surface area contributed by atoms with Crippen molar-refractivity contribution in [3.8, 4) is 0 Å². The van der Waals surface area contributed by atoms with Gasteiger partial charge in [-0.15, -0.1) is 0 Å². The summed E-state index contributed by atoms with van der Waals surface area (Å²) in [5.41, 5.74) is 9.32. The maximum atomic E-state index is 11.1. The molecule has 7 heteroatoms. The molecule has 0 aliphatic heterocycles. The first-order chi connectivity index (χ1) is 9.77. The van der Waals surface area contributed by atoms with Gasteiger partial charge in [-0.25, -0.2) is 0 Å². The number of hydrogen-bond acceptors (Lipinski definition) is 5. The van der Waals surface area contributed by atoms with Gasteiger partial charge in [0.2, 0.25) is 0 Å². The second-order valence-electron chi connectivity index (χ2n) is 4.67. The van der Waals surface area contributed by atoms with E-state index in [0.29, 0.717) is 17.1 Å². The zero-order valence-corrected chi connectivity index (χ0v) is 12.4. The van der Waals surface area contributed by atoms with Crippen molar-refractivity contribution in [2.24, 2.45) is 10.2 Å². The first-order valence-corrected chi connectivity index (χ1v) is 7.57. The highest BCUT2D eigenvalue weighted by molar-refractivity contribution is 7.85. The average molecular weight is 305 g/mol. The van der Waals surface area contributed by atoms with Crippen LogP contribution in [0.4, 0.5) is 17.1 Å². The van der Waals surface area contributed by atoms with Gasteiger partial charge in [0.1, 0.15) is 0 Å². The maximum Gasteiger partial charge on any atom is 0.294 e. The molecule has 0 radical (unpaired) electrons. The van der Waals surface area contributed by atoms with Crippen LogP contribution in [0, 0.1) is 13.8 Å². The molecular formula is C14H15N3O3S. The second kappa shape index (κ2) is 5.63. The minimum atomic E-state index is -4.25. The molecule has 6 nitrogen and oxygen atoms in total. The lowest BCUT2D eigenvalue weighted by atomic mass is 10.1. The molecule has 0 saturated carbocycles. The molecule has 2 aromatic carbocycles. The number of nitrogen functional groups attached to an aromatic ring is 1. The van der Waals surface area contributed by atoms with E-state index in [2.05, 4.69) is 10.2 Å². The third-order valence-electron chi connectivity index (χ3n) is 2.97. The second-order valence-corrected chi connectivity index (χ2v) is 6.09. The smallest absolute Gasteiger partial charge is 0.294 e. The Bertz CT molecular complexity index is 791. The van der Waals surface area contributed by atoms with Crippen molar-refractivity contribution in [3.05, 3.63) is 47.5 Å². The fraction of sp³-hybridized carbons (Fsp3) is 0.143. The van der Waals surface area contributed by atoms with E-state index < -0.39 is 10.1 Å². The molecule has 21 heavy (non-hydrogen) atoms. The van der Waals surface area contributed by atoms with Gasteiger partial charge in [-0.1, -0.05) is 6.07 Å². The van der Waals surface area contributed by atoms with E-state index in [1.807, 2.05) is 13.8 Å². The highest BCUT2D eigenvalue weighted by atomic mass is 32.2. The zero-order chi connectivity index (χ0) is 15.6. The molecule has 0 atom stereocenters. The van der Waals surface area contributed by atoms with E-state index in [0.717, 1.165) is 11.1 Å². The minimum absolute atomic E-state index is 0.219. The Morgan fingerprint density at radius 2 is 1.57 bits per heavy atom. The lowest BCUT2D eigenvalue weighted by Crippen LogP contribution is -1.96. The number of anilines is 1. The lowest BCUT2D eigenvalue weighted by Gasteiger charge is -2.05. The van der Waals surface area contributed by atoms with Gasteiger partial charge < -0.3 is 5.73 Å². The molecule has 0 unspecified atom stereocenters. The standard InChI is InChI=1S/C14H15N3O3S/c1-9-6-12(7-10(2)14(9)15)17-16-11-4-3-5-13(8-11)21(18,19)20/h3-8H,15H2,1-2H3,(H,18,19,20). The Kier molecular flexibility index (Phi) is 4.06. The molecule has 0 heterocycles. The van der Waals surface area contributed by atoms with E-state index in [4.69, 9.17) is 10.3 Å². The number of benzene rings is 2. The summed E-state index contributed by atoms with van der Waals surface area (Å²) in [6.07, 6.45) is 0. The Balaban J connectivity index is 2.34. The number of rotatable bonds is 3. The van der Waals surface area contributed by atoms with Crippen LogP contribution in [0.2, 0.25) is 0 Å². The van der Waals surface area contributed by atoms with Crippen molar-refractivity contribution in [3.63, 3.8) is 0 Å². The van der Waals surface area contributed by atoms with E-state index in [-0.39, 0.29) is 4.90 Å². The highest BCUT2D eigenvalue weighted by Crippen LogP contribution is 2.26. The van der Waals surface area contributed by atoms with Crippen molar-refractivity contribution in [1.29, 1.82) is 0 Å². The first kappa shape index (κ1) is 15.1. The largest absolute Gasteiger partial charge is 0.398 e. The zero-order valence-electron chi connectivity index (χ0n) is 11.6. The number of hydrogen-bond donors (Lipinski definition) is 2. The summed E-state index contributed by atoms with van der Waals surface area (Å²) in [5.74, 6) is 0. The summed E-state index contributed by atoms with van der Waals surface area (Å²) >= 11 is 0. The van der Waals surface area contributed by atoms with Gasteiger partial charge in [-0.05, 0) is 55.3 Å². The molecule has 0 fully saturated rings. The van der Waals surface area contributed by atoms with Crippen LogP contribution in [0.5, 0.6) is 0 Å². The molecule has 110 valence electrons. The summed E-state index contributed by atoms with van der Waals surface area (Å²) in [4.78, 5) is -0.219. The minimum Gasteiger partial charge on any atom is -0.398 e. The van der Waals surface area contributed by atoms with Crippen molar-refractivity contribution in [1.82, 2.24) is 0 Å². The molecule has 0 saturated heterocycles. The van der Waals surface area contributed by atoms with Crippen LogP contribution in [0.15, 0.2) is 51.5 Å². The quantitative estimate of drug-likeness (QED) is 0.514. The van der Waals surface area contributed by atoms with E-state index in [1.54, 1.807) is 18.2 Å². The normalized spacial score (nSPS) is 12.0. The molecule has 2 aromatic rings. The van der Waals surface area contributed by atoms with Crippen molar-refractivity contribution in [2.75, 3.05) is 5.73 Å². The summed E-state index contributed by atoms with van der Waals surface area (Å²) < 4.78 is 31.1. The average Bonchev–Trinajstić information content (AvgIpc) is 2.42. The highest BCUT2D eigenvalue weighted by Gasteiger charge is 2.09. The number of azo groups is 1. The van der Waals surface area contributed by atoms with Gasteiger partial charge in [0.15, 0.2) is 0 Å². The van der Waals surface area contributed by atoms with Gasteiger partial charge in [0.05, 0.1) is 16.3 Å². The number of nitrogens with zero attached hydrogens (tertiary/aromatic N) is 2. The van der Waals surface area contributed by atoms with Crippen LogP contribution >= 0.6 is 0 Å². The molecular weight excluding hydrogens is 290 g/mol. The van der Waals surface area contributed by atoms with Gasteiger partial charge in [0, 0.05) is 5.69 Å². The molecule has 0 spiro atoms. The predicted octanol–water partition coefficient (Wildman–Crippen LogP) is 3.55. The van der Waals surface area contributed by atoms with Crippen LogP contribution in [0.3, 0.4) is 0 Å². The van der Waals surface area contributed by atoms with E-state index in [9.17, 15) is 8.42 Å². The summed E-state index contributed by atoms with van der Waals surface area (Å²) in [5, 5.41) is 8.03. The molecule has 3 N–H and O–H groups in total. The van der Waals surface area contributed by atoms with Crippen LogP contribution in [0.25, 0.3) is 0 Å². The SMILES string of the molecule is Cc1cc(N=Nc2cccc(S(=O)(=O)O)c2)cc(C)c1N. The number of aryl methyl sites for hydroxylation is 2. The predicted molar refractivity (Wildman–Crippen MR) is 80.8 cm³/mol. The Hall–Kier alpha value is -2.25. The van der Waals surface area contributed by atoms with Gasteiger partial charge in [0.25, 0.3) is 10.1 Å². The van der Waals surface area contributed by atoms with Crippen LogP contribution in [-0.2, 0) is 10.1 Å². The van der Waals surface area contributed by atoms with Gasteiger partial charge >= 0.3 is 0 Å². The molecule has 0 aliphatic carbocycles. The topological polar surface area (TPSA) is 105 Å². The third kappa shape index (κ3) is 3.65. The Labute approximate surface area is 123 Å². The molecule has 0 aliphatic rings. The monoisotopic (exact) mass is 305 g/mol. The molecule has 0 bridgehead atoms. The Morgan fingerprint density at radius 1 is 1.00 bits per heavy atom. The lowest BCUT2D eigenvalue weighted by molar-refractivity contribution is 0.483. The first-order valence-electron chi connectivity index (χ1n) is 6.13. The van der Waals surface area contributed by atoms with Gasteiger partial charge in [-0.3, -0.25) is 4.55 Å². The van der Waals surface area contributed by atoms with Crippen LogP contribution in [0.1, 0.15) is 11.1 Å². The third-order valence-corrected chi connectivity index (χ3v) is 3.82. The summed E-state index contributed by atoms with van der Waals surface area (Å²) in [6.45, 7) is 3.75. The van der Waals surface area contributed by atoms with Crippen LogP contribution < -0.4 is 5.73 Å². The number of nitrogens with two attached hydrogens (primary N) is 1. The Morgan fingerprint density at radius 3 is 2.14 bits per heavy atom.